The van der Waals surface area contributed by atoms with Crippen LogP contribution in [-0.4, -0.2) is 18.9 Å². The zero-order chi connectivity index (χ0) is 24.1. The highest BCUT2D eigenvalue weighted by Gasteiger charge is 2.26. The first kappa shape index (κ1) is 19.3. The topological polar surface area (TPSA) is 35.1 Å². The average Bonchev–Trinajstić information content (AvgIpc) is 3.66. The van der Waals surface area contributed by atoms with Crippen molar-refractivity contribution in [2.24, 2.45) is 0 Å². The molecule has 0 saturated carbocycles. The van der Waals surface area contributed by atoms with Gasteiger partial charge in [0.15, 0.2) is 0 Å². The molecule has 0 saturated heterocycles. The fourth-order valence-electron chi connectivity index (χ4n) is 6.52. The van der Waals surface area contributed by atoms with Gasteiger partial charge in [-0.1, -0.05) is 48.5 Å². The van der Waals surface area contributed by atoms with Crippen LogP contribution >= 0.6 is 0 Å². The van der Waals surface area contributed by atoms with Gasteiger partial charge in [-0.25, -0.2) is 9.97 Å². The summed E-state index contributed by atoms with van der Waals surface area (Å²) >= 11 is 0. The van der Waals surface area contributed by atoms with Crippen molar-refractivity contribution >= 4 is 49.3 Å². The SMILES string of the molecule is c1ccc(-n2c3ccccc3c3cc4c(cc32)-c2ccc3c5cccnc5n5ccnc5c3c2C4)cc1. The molecule has 4 nitrogen and oxygen atoms in total. The first-order valence-corrected chi connectivity index (χ1v) is 12.6. The standard InChI is InChI=1S/C33H20N4/c1-2-7-21(8-3-1)37-29-11-5-4-9-23(29)27-17-20-18-28-22(26(20)19-30(27)37)12-13-24-25-10-6-14-34-32(25)36-16-15-35-33(36)31(24)28/h1-17,19H,18H2. The van der Waals surface area contributed by atoms with Gasteiger partial charge in [0.1, 0.15) is 11.3 Å². The zero-order valence-electron chi connectivity index (χ0n) is 19.9. The van der Waals surface area contributed by atoms with Gasteiger partial charge in [-0.05, 0) is 76.5 Å². The Morgan fingerprint density at radius 1 is 0.595 bits per heavy atom. The van der Waals surface area contributed by atoms with E-state index in [0.717, 1.165) is 23.1 Å². The second-order valence-corrected chi connectivity index (χ2v) is 9.90. The van der Waals surface area contributed by atoms with Crippen molar-refractivity contribution in [1.82, 2.24) is 18.9 Å². The van der Waals surface area contributed by atoms with Crippen molar-refractivity contribution in [2.75, 3.05) is 0 Å². The van der Waals surface area contributed by atoms with Gasteiger partial charge in [0.25, 0.3) is 0 Å². The first-order chi connectivity index (χ1) is 18.4. The number of hydrogen-bond acceptors (Lipinski definition) is 2. The highest BCUT2D eigenvalue weighted by molar-refractivity contribution is 6.16. The Balaban J connectivity index is 1.40. The normalized spacial score (nSPS) is 12.8. The van der Waals surface area contributed by atoms with Crippen molar-refractivity contribution in [3.05, 3.63) is 121 Å². The third-order valence-corrected chi connectivity index (χ3v) is 8.05. The van der Waals surface area contributed by atoms with E-state index in [1.54, 1.807) is 0 Å². The summed E-state index contributed by atoms with van der Waals surface area (Å²) in [6.07, 6.45) is 6.66. The highest BCUT2D eigenvalue weighted by Crippen LogP contribution is 2.46. The fraction of sp³-hybridized carbons (Fsp3) is 0.0303. The number of fused-ring (bicyclic) bond motifs is 13. The molecule has 0 radical (unpaired) electrons. The second kappa shape index (κ2) is 6.83. The molecule has 0 bridgehead atoms. The molecule has 4 heteroatoms. The van der Waals surface area contributed by atoms with Crippen molar-refractivity contribution in [3.63, 3.8) is 0 Å². The minimum absolute atomic E-state index is 0.900. The van der Waals surface area contributed by atoms with E-state index in [9.17, 15) is 0 Å². The minimum Gasteiger partial charge on any atom is -0.309 e. The van der Waals surface area contributed by atoms with E-state index >= 15 is 0 Å². The summed E-state index contributed by atoms with van der Waals surface area (Å²) in [5.41, 5.74) is 11.0. The van der Waals surface area contributed by atoms with E-state index < -0.39 is 0 Å². The molecule has 172 valence electrons. The smallest absolute Gasteiger partial charge is 0.146 e. The Morgan fingerprint density at radius 2 is 1.43 bits per heavy atom. The molecule has 4 aromatic carbocycles. The van der Waals surface area contributed by atoms with Crippen LogP contribution in [0.1, 0.15) is 11.1 Å². The summed E-state index contributed by atoms with van der Waals surface area (Å²) in [5, 5.41) is 6.21. The molecule has 0 amide bonds. The van der Waals surface area contributed by atoms with Gasteiger partial charge in [0.05, 0.1) is 11.0 Å². The molecule has 4 aromatic heterocycles. The lowest BCUT2D eigenvalue weighted by atomic mass is 9.98. The quantitative estimate of drug-likeness (QED) is 0.229. The molecule has 0 aliphatic heterocycles. The largest absolute Gasteiger partial charge is 0.309 e. The lowest BCUT2D eigenvalue weighted by Gasteiger charge is -2.11. The van der Waals surface area contributed by atoms with E-state index in [-0.39, 0.29) is 0 Å². The van der Waals surface area contributed by atoms with E-state index in [2.05, 4.69) is 98.9 Å². The molecule has 0 spiro atoms. The summed E-state index contributed by atoms with van der Waals surface area (Å²) in [7, 11) is 0. The Morgan fingerprint density at radius 3 is 2.38 bits per heavy atom. The lowest BCUT2D eigenvalue weighted by Crippen LogP contribution is -1.95. The third kappa shape index (κ3) is 2.42. The number of para-hydroxylation sites is 2. The van der Waals surface area contributed by atoms with Gasteiger partial charge in [0.2, 0.25) is 0 Å². The van der Waals surface area contributed by atoms with E-state index in [0.29, 0.717) is 0 Å². The molecular formula is C33H20N4. The second-order valence-electron chi connectivity index (χ2n) is 9.90. The first-order valence-electron chi connectivity index (χ1n) is 12.6. The van der Waals surface area contributed by atoms with Crippen LogP contribution in [0.15, 0.2) is 110 Å². The van der Waals surface area contributed by atoms with E-state index in [4.69, 9.17) is 4.98 Å². The van der Waals surface area contributed by atoms with Gasteiger partial charge in [-0.15, -0.1) is 0 Å². The maximum atomic E-state index is 4.80. The van der Waals surface area contributed by atoms with Crippen LogP contribution < -0.4 is 0 Å². The summed E-state index contributed by atoms with van der Waals surface area (Å²) < 4.78 is 4.53. The summed E-state index contributed by atoms with van der Waals surface area (Å²) in [6, 6.07) is 33.0. The van der Waals surface area contributed by atoms with Gasteiger partial charge in [-0.2, -0.15) is 0 Å². The molecule has 1 aliphatic carbocycles. The molecule has 4 heterocycles. The summed E-state index contributed by atoms with van der Waals surface area (Å²) in [6.45, 7) is 0. The number of hydrogen-bond donors (Lipinski definition) is 0. The number of aromatic nitrogens is 4. The zero-order valence-corrected chi connectivity index (χ0v) is 19.9. The molecule has 37 heavy (non-hydrogen) atoms. The third-order valence-electron chi connectivity index (χ3n) is 8.05. The summed E-state index contributed by atoms with van der Waals surface area (Å²) in [4.78, 5) is 9.48. The molecule has 0 N–H and O–H groups in total. The van der Waals surface area contributed by atoms with Gasteiger partial charge in [-0.3, -0.25) is 4.40 Å². The van der Waals surface area contributed by atoms with Crippen LogP contribution in [0.2, 0.25) is 0 Å². The predicted molar refractivity (Wildman–Crippen MR) is 151 cm³/mol. The molecule has 0 atom stereocenters. The van der Waals surface area contributed by atoms with Crippen molar-refractivity contribution < 1.29 is 0 Å². The minimum atomic E-state index is 0.900. The average molecular weight is 473 g/mol. The molecule has 0 fully saturated rings. The molecule has 8 aromatic rings. The molecular weight excluding hydrogens is 452 g/mol. The molecule has 9 rings (SSSR count). The van der Waals surface area contributed by atoms with Crippen LogP contribution in [0.3, 0.4) is 0 Å². The number of nitrogens with zero attached hydrogens (tertiary/aromatic N) is 4. The molecule has 1 aliphatic rings. The van der Waals surface area contributed by atoms with E-state index in [1.807, 2.05) is 24.7 Å². The van der Waals surface area contributed by atoms with Crippen molar-refractivity contribution in [1.29, 1.82) is 0 Å². The Kier molecular flexibility index (Phi) is 3.55. The van der Waals surface area contributed by atoms with Gasteiger partial charge >= 0.3 is 0 Å². The number of imidazole rings is 1. The van der Waals surface area contributed by atoms with Crippen LogP contribution in [0.4, 0.5) is 0 Å². The lowest BCUT2D eigenvalue weighted by molar-refractivity contribution is 1.18. The monoisotopic (exact) mass is 472 g/mol. The Hall–Kier alpha value is -4.96. The number of pyridine rings is 2. The Bertz CT molecular complexity index is 2220. The number of benzene rings is 4. The van der Waals surface area contributed by atoms with Crippen molar-refractivity contribution in [3.8, 4) is 16.8 Å². The fourth-order valence-corrected chi connectivity index (χ4v) is 6.52. The maximum Gasteiger partial charge on any atom is 0.146 e. The van der Waals surface area contributed by atoms with Crippen LogP contribution in [0, 0.1) is 0 Å². The van der Waals surface area contributed by atoms with Crippen LogP contribution in [-0.2, 0) is 6.42 Å². The Labute approximate surface area is 212 Å². The van der Waals surface area contributed by atoms with Crippen molar-refractivity contribution in [2.45, 2.75) is 6.42 Å². The molecule has 0 unspecified atom stereocenters. The van der Waals surface area contributed by atoms with Gasteiger partial charge in [0, 0.05) is 45.8 Å². The van der Waals surface area contributed by atoms with Crippen LogP contribution in [0.25, 0.3) is 66.1 Å². The maximum absolute atomic E-state index is 4.80. The van der Waals surface area contributed by atoms with Crippen LogP contribution in [0.5, 0.6) is 0 Å². The summed E-state index contributed by atoms with van der Waals surface area (Å²) in [5.74, 6) is 0. The van der Waals surface area contributed by atoms with E-state index in [1.165, 1.54) is 60.5 Å². The number of rotatable bonds is 1. The highest BCUT2D eigenvalue weighted by atomic mass is 15.0. The van der Waals surface area contributed by atoms with Gasteiger partial charge < -0.3 is 4.57 Å². The predicted octanol–water partition coefficient (Wildman–Crippen LogP) is 7.70.